The van der Waals surface area contributed by atoms with Gasteiger partial charge in [0.1, 0.15) is 6.04 Å². The highest BCUT2D eigenvalue weighted by Crippen LogP contribution is 2.18. The first-order chi connectivity index (χ1) is 10.3. The van der Waals surface area contributed by atoms with E-state index in [1.807, 2.05) is 42.5 Å². The van der Waals surface area contributed by atoms with E-state index in [0.717, 1.165) is 11.1 Å². The van der Waals surface area contributed by atoms with Gasteiger partial charge in [0.15, 0.2) is 0 Å². The number of aryl methyl sites for hydroxylation is 1. The molecule has 106 valence electrons. The molecule has 0 aliphatic heterocycles. The van der Waals surface area contributed by atoms with Gasteiger partial charge in [-0.25, -0.2) is 0 Å². The fourth-order valence-electron chi connectivity index (χ4n) is 2.30. The summed E-state index contributed by atoms with van der Waals surface area (Å²) in [6.45, 7) is 2.48. The highest BCUT2D eigenvalue weighted by atomic mass is 15.6. The van der Waals surface area contributed by atoms with E-state index >= 15 is 0 Å². The molecule has 0 radical (unpaired) electrons. The minimum Gasteiger partial charge on any atom is -0.328 e. The van der Waals surface area contributed by atoms with E-state index in [2.05, 4.69) is 34.5 Å². The zero-order valence-electron chi connectivity index (χ0n) is 11.8. The van der Waals surface area contributed by atoms with Gasteiger partial charge < -0.3 is 5.73 Å². The van der Waals surface area contributed by atoms with Gasteiger partial charge in [0, 0.05) is 12.1 Å². The maximum atomic E-state index is 5.91. The molecule has 1 aromatic heterocycles. The molecule has 0 aliphatic rings. The second kappa shape index (κ2) is 5.85. The van der Waals surface area contributed by atoms with E-state index in [4.69, 9.17) is 5.73 Å². The van der Waals surface area contributed by atoms with Crippen molar-refractivity contribution in [1.29, 1.82) is 0 Å². The van der Waals surface area contributed by atoms with E-state index in [1.54, 1.807) is 4.80 Å². The number of hydrogen-bond acceptors (Lipinski definition) is 4. The number of hydrogen-bond donors (Lipinski definition) is 1. The summed E-state index contributed by atoms with van der Waals surface area (Å²) in [5, 5.41) is 12.8. The monoisotopic (exact) mass is 279 g/mol. The second-order valence-corrected chi connectivity index (χ2v) is 4.97. The lowest BCUT2D eigenvalue weighted by molar-refractivity contribution is 0.458. The fourth-order valence-corrected chi connectivity index (χ4v) is 2.30. The van der Waals surface area contributed by atoms with Crippen LogP contribution >= 0.6 is 0 Å². The fraction of sp³-hybridized carbons (Fsp3) is 0.188. The lowest BCUT2D eigenvalue weighted by Gasteiger charge is -2.13. The first-order valence-electron chi connectivity index (χ1n) is 6.89. The van der Waals surface area contributed by atoms with Crippen molar-refractivity contribution in [3.05, 3.63) is 65.7 Å². The van der Waals surface area contributed by atoms with Crippen molar-refractivity contribution in [3.63, 3.8) is 0 Å². The van der Waals surface area contributed by atoms with Crippen molar-refractivity contribution in [2.45, 2.75) is 13.0 Å². The van der Waals surface area contributed by atoms with Crippen LogP contribution in [0.25, 0.3) is 11.4 Å². The second-order valence-electron chi connectivity index (χ2n) is 4.97. The van der Waals surface area contributed by atoms with Crippen LogP contribution in [-0.4, -0.2) is 26.8 Å². The lowest BCUT2D eigenvalue weighted by Crippen LogP contribution is -2.22. The largest absolute Gasteiger partial charge is 0.328 e. The Morgan fingerprint density at radius 2 is 1.90 bits per heavy atom. The number of nitrogens with zero attached hydrogens (tertiary/aromatic N) is 4. The third-order valence-corrected chi connectivity index (χ3v) is 3.39. The number of rotatable bonds is 4. The Bertz CT molecular complexity index is 720. The quantitative estimate of drug-likeness (QED) is 0.795. The Morgan fingerprint density at radius 3 is 2.62 bits per heavy atom. The smallest absolute Gasteiger partial charge is 0.204 e. The van der Waals surface area contributed by atoms with Gasteiger partial charge in [-0.05, 0) is 17.7 Å². The molecular formula is C16H17N5. The number of nitrogens with two attached hydrogens (primary N) is 1. The van der Waals surface area contributed by atoms with Crippen LogP contribution in [0.4, 0.5) is 0 Å². The van der Waals surface area contributed by atoms with Gasteiger partial charge in [0.25, 0.3) is 0 Å². The molecule has 0 saturated heterocycles. The van der Waals surface area contributed by atoms with Gasteiger partial charge in [-0.2, -0.15) is 4.80 Å². The summed E-state index contributed by atoms with van der Waals surface area (Å²) in [6.07, 6.45) is 0. The van der Waals surface area contributed by atoms with Crippen LogP contribution in [0.1, 0.15) is 17.2 Å². The minimum atomic E-state index is -0.102. The average molecular weight is 279 g/mol. The van der Waals surface area contributed by atoms with E-state index in [9.17, 15) is 0 Å². The first-order valence-corrected chi connectivity index (χ1v) is 6.89. The summed E-state index contributed by atoms with van der Waals surface area (Å²) >= 11 is 0. The molecule has 5 heteroatoms. The van der Waals surface area contributed by atoms with Crippen LogP contribution in [0.15, 0.2) is 54.6 Å². The van der Waals surface area contributed by atoms with Crippen molar-refractivity contribution < 1.29 is 0 Å². The summed E-state index contributed by atoms with van der Waals surface area (Å²) in [4.78, 5) is 1.59. The van der Waals surface area contributed by atoms with Gasteiger partial charge in [-0.3, -0.25) is 0 Å². The van der Waals surface area contributed by atoms with Gasteiger partial charge in [-0.1, -0.05) is 60.2 Å². The van der Waals surface area contributed by atoms with Crippen molar-refractivity contribution in [1.82, 2.24) is 20.2 Å². The van der Waals surface area contributed by atoms with Gasteiger partial charge in [-0.15, -0.1) is 10.2 Å². The molecule has 0 fully saturated rings. The molecule has 5 nitrogen and oxygen atoms in total. The van der Waals surface area contributed by atoms with E-state index in [-0.39, 0.29) is 6.04 Å². The van der Waals surface area contributed by atoms with Crippen LogP contribution in [0, 0.1) is 6.92 Å². The normalized spacial score (nSPS) is 12.3. The highest BCUT2D eigenvalue weighted by molar-refractivity contribution is 5.53. The molecule has 0 amide bonds. The molecule has 1 unspecified atom stereocenters. The Labute approximate surface area is 123 Å². The Kier molecular flexibility index (Phi) is 3.75. The third kappa shape index (κ3) is 2.83. The van der Waals surface area contributed by atoms with Crippen LogP contribution in [-0.2, 0) is 0 Å². The molecule has 3 aromatic rings. The SMILES string of the molecule is Cc1cccc(C(CN)n2nnc(-c3ccccc3)n2)c1. The maximum absolute atomic E-state index is 5.91. The van der Waals surface area contributed by atoms with E-state index in [0.29, 0.717) is 12.4 Å². The van der Waals surface area contributed by atoms with Crippen LogP contribution in [0.3, 0.4) is 0 Å². The number of aromatic nitrogens is 4. The van der Waals surface area contributed by atoms with Crippen molar-refractivity contribution in [3.8, 4) is 11.4 Å². The third-order valence-electron chi connectivity index (χ3n) is 3.39. The molecule has 21 heavy (non-hydrogen) atoms. The van der Waals surface area contributed by atoms with E-state index in [1.165, 1.54) is 5.56 Å². The number of tetrazole rings is 1. The Morgan fingerprint density at radius 1 is 1.10 bits per heavy atom. The standard InChI is InChI=1S/C16H17N5/c1-12-6-5-9-14(10-12)15(11-17)21-19-16(18-20-21)13-7-3-2-4-8-13/h2-10,15H,11,17H2,1H3. The summed E-state index contributed by atoms with van der Waals surface area (Å²) in [6, 6.07) is 17.9. The molecule has 2 aromatic carbocycles. The molecule has 1 heterocycles. The Hall–Kier alpha value is -2.53. The molecular weight excluding hydrogens is 262 g/mol. The molecule has 0 aliphatic carbocycles. The van der Waals surface area contributed by atoms with Crippen molar-refractivity contribution >= 4 is 0 Å². The number of benzene rings is 2. The van der Waals surface area contributed by atoms with Gasteiger partial charge in [0.05, 0.1) is 0 Å². The van der Waals surface area contributed by atoms with Crippen molar-refractivity contribution in [2.75, 3.05) is 6.54 Å². The average Bonchev–Trinajstić information content (AvgIpc) is 2.99. The first kappa shape index (κ1) is 13.5. The summed E-state index contributed by atoms with van der Waals surface area (Å²) < 4.78 is 0. The van der Waals surface area contributed by atoms with Crippen LogP contribution in [0.5, 0.6) is 0 Å². The van der Waals surface area contributed by atoms with Crippen LogP contribution in [0.2, 0.25) is 0 Å². The Balaban J connectivity index is 1.94. The van der Waals surface area contributed by atoms with Gasteiger partial charge in [0.2, 0.25) is 5.82 Å². The van der Waals surface area contributed by atoms with Gasteiger partial charge >= 0.3 is 0 Å². The summed E-state index contributed by atoms with van der Waals surface area (Å²) in [7, 11) is 0. The predicted molar refractivity (Wildman–Crippen MR) is 81.6 cm³/mol. The zero-order chi connectivity index (χ0) is 14.7. The van der Waals surface area contributed by atoms with Crippen molar-refractivity contribution in [2.24, 2.45) is 5.73 Å². The molecule has 2 N–H and O–H groups in total. The predicted octanol–water partition coefficient (Wildman–Crippen LogP) is 2.20. The molecule has 3 rings (SSSR count). The summed E-state index contributed by atoms with van der Waals surface area (Å²) in [5.41, 5.74) is 9.14. The molecule has 0 spiro atoms. The minimum absolute atomic E-state index is 0.102. The highest BCUT2D eigenvalue weighted by Gasteiger charge is 2.16. The summed E-state index contributed by atoms with van der Waals surface area (Å²) in [5.74, 6) is 0.613. The van der Waals surface area contributed by atoms with Crippen LogP contribution < -0.4 is 5.73 Å². The maximum Gasteiger partial charge on any atom is 0.204 e. The zero-order valence-corrected chi connectivity index (χ0v) is 11.8. The molecule has 0 saturated carbocycles. The van der Waals surface area contributed by atoms with E-state index < -0.39 is 0 Å². The molecule has 0 bridgehead atoms. The molecule has 1 atom stereocenters. The lowest BCUT2D eigenvalue weighted by atomic mass is 10.1. The topological polar surface area (TPSA) is 69.6 Å².